The summed E-state index contributed by atoms with van der Waals surface area (Å²) in [6.07, 6.45) is 3.70. The van der Waals surface area contributed by atoms with E-state index < -0.39 is 24.4 Å². The number of hydrogen-bond donors (Lipinski definition) is 2. The number of esters is 1. The van der Waals surface area contributed by atoms with Crippen LogP contribution >= 0.6 is 11.3 Å². The molecule has 0 unspecified atom stereocenters. The van der Waals surface area contributed by atoms with Gasteiger partial charge in [-0.1, -0.05) is 11.6 Å². The molecule has 0 saturated carbocycles. The number of amides is 2. The Morgan fingerprint density at radius 2 is 1.94 bits per heavy atom. The van der Waals surface area contributed by atoms with Gasteiger partial charge in [0.25, 0.3) is 11.8 Å². The van der Waals surface area contributed by atoms with Crippen LogP contribution in [0.4, 0.5) is 5.00 Å². The molecule has 2 heterocycles. The van der Waals surface area contributed by atoms with Crippen molar-refractivity contribution >= 4 is 45.0 Å². The fraction of sp³-hybridized carbons (Fsp3) is 0.304. The second-order valence-corrected chi connectivity index (χ2v) is 8.83. The van der Waals surface area contributed by atoms with Crippen molar-refractivity contribution in [2.75, 3.05) is 11.9 Å². The molecule has 2 amide bonds. The molecule has 0 fully saturated rings. The van der Waals surface area contributed by atoms with Crippen molar-refractivity contribution in [3.8, 4) is 0 Å². The van der Waals surface area contributed by atoms with E-state index in [4.69, 9.17) is 10.5 Å². The van der Waals surface area contributed by atoms with E-state index in [9.17, 15) is 14.4 Å². The molecule has 0 radical (unpaired) electrons. The highest BCUT2D eigenvalue weighted by Gasteiger charge is 2.25. The van der Waals surface area contributed by atoms with Crippen molar-refractivity contribution in [3.63, 3.8) is 0 Å². The van der Waals surface area contributed by atoms with Crippen LogP contribution < -0.4 is 11.1 Å². The Bertz CT molecular complexity index is 1220. The van der Waals surface area contributed by atoms with Crippen LogP contribution in [0.2, 0.25) is 0 Å². The number of nitrogens with zero attached hydrogens (tertiary/aromatic N) is 1. The van der Waals surface area contributed by atoms with Gasteiger partial charge in [0.2, 0.25) is 0 Å². The molecule has 1 aliphatic rings. The number of nitrogens with two attached hydrogens (primary N) is 1. The molecule has 3 aromatic rings. The number of primary amides is 1. The van der Waals surface area contributed by atoms with E-state index in [-0.39, 0.29) is 0 Å². The number of thiophene rings is 1. The van der Waals surface area contributed by atoms with Crippen molar-refractivity contribution in [1.29, 1.82) is 0 Å². The Morgan fingerprint density at radius 1 is 1.16 bits per heavy atom. The quantitative estimate of drug-likeness (QED) is 0.592. The Kier molecular flexibility index (Phi) is 5.73. The zero-order chi connectivity index (χ0) is 22.1. The van der Waals surface area contributed by atoms with Crippen molar-refractivity contribution < 1.29 is 19.1 Å². The first-order chi connectivity index (χ1) is 14.8. The lowest BCUT2D eigenvalue weighted by Crippen LogP contribution is -2.23. The Morgan fingerprint density at radius 3 is 2.71 bits per heavy atom. The van der Waals surface area contributed by atoms with E-state index in [1.807, 2.05) is 25.1 Å². The summed E-state index contributed by atoms with van der Waals surface area (Å²) in [5.41, 5.74) is 9.56. The minimum Gasteiger partial charge on any atom is -0.452 e. The lowest BCUT2D eigenvalue weighted by atomic mass is 9.95. The number of rotatable bonds is 5. The number of pyridine rings is 1. The molecule has 0 bridgehead atoms. The van der Waals surface area contributed by atoms with Gasteiger partial charge in [0.05, 0.1) is 22.3 Å². The molecule has 0 spiro atoms. The minimum absolute atomic E-state index is 0.315. The third kappa shape index (κ3) is 4.29. The molecule has 8 heteroatoms. The summed E-state index contributed by atoms with van der Waals surface area (Å²) >= 11 is 1.37. The van der Waals surface area contributed by atoms with E-state index >= 15 is 0 Å². The third-order valence-electron chi connectivity index (χ3n) is 5.39. The summed E-state index contributed by atoms with van der Waals surface area (Å²) in [6.45, 7) is 3.22. The first-order valence-electron chi connectivity index (χ1n) is 10.1. The minimum atomic E-state index is -0.621. The van der Waals surface area contributed by atoms with Gasteiger partial charge in [-0.2, -0.15) is 0 Å². The second kappa shape index (κ2) is 8.47. The highest BCUT2D eigenvalue weighted by Crippen LogP contribution is 2.37. The van der Waals surface area contributed by atoms with Crippen LogP contribution in [0.1, 0.15) is 55.3 Å². The van der Waals surface area contributed by atoms with Gasteiger partial charge in [0.15, 0.2) is 6.61 Å². The van der Waals surface area contributed by atoms with Gasteiger partial charge >= 0.3 is 5.97 Å². The number of ether oxygens (including phenoxy) is 1. The zero-order valence-electron chi connectivity index (χ0n) is 17.4. The molecule has 31 heavy (non-hydrogen) atoms. The summed E-state index contributed by atoms with van der Waals surface area (Å²) in [4.78, 5) is 42.5. The van der Waals surface area contributed by atoms with Gasteiger partial charge in [0, 0.05) is 10.3 Å². The fourth-order valence-electron chi connectivity index (χ4n) is 3.88. The highest BCUT2D eigenvalue weighted by atomic mass is 32.1. The van der Waals surface area contributed by atoms with Crippen molar-refractivity contribution in [2.24, 2.45) is 5.73 Å². The predicted octanol–water partition coefficient (Wildman–Crippen LogP) is 3.69. The normalized spacial score (nSPS) is 13.0. The summed E-state index contributed by atoms with van der Waals surface area (Å²) < 4.78 is 5.22. The highest BCUT2D eigenvalue weighted by molar-refractivity contribution is 7.17. The summed E-state index contributed by atoms with van der Waals surface area (Å²) in [6, 6.07) is 7.52. The first kappa shape index (κ1) is 21.0. The van der Waals surface area contributed by atoms with Crippen molar-refractivity contribution in [2.45, 2.75) is 39.5 Å². The van der Waals surface area contributed by atoms with Crippen LogP contribution in [-0.4, -0.2) is 29.4 Å². The number of fused-ring (bicyclic) bond motifs is 2. The molecule has 7 nitrogen and oxygen atoms in total. The van der Waals surface area contributed by atoms with E-state index in [2.05, 4.69) is 10.3 Å². The number of carbonyl (C=O) groups is 3. The molecule has 0 saturated heterocycles. The first-order valence-corrected chi connectivity index (χ1v) is 10.9. The van der Waals surface area contributed by atoms with Crippen LogP contribution in [0.5, 0.6) is 0 Å². The van der Waals surface area contributed by atoms with Gasteiger partial charge in [-0.15, -0.1) is 11.3 Å². The Hall–Kier alpha value is -3.26. The number of benzene rings is 1. The number of hydrogen-bond acceptors (Lipinski definition) is 6. The molecule has 0 aliphatic heterocycles. The van der Waals surface area contributed by atoms with Crippen LogP contribution in [0, 0.1) is 13.8 Å². The number of anilines is 1. The molecule has 2 aromatic heterocycles. The average molecular weight is 438 g/mol. The summed E-state index contributed by atoms with van der Waals surface area (Å²) in [5.74, 6) is -1.69. The molecule has 1 aromatic carbocycles. The maximum Gasteiger partial charge on any atom is 0.340 e. The van der Waals surface area contributed by atoms with E-state index in [1.165, 1.54) is 11.3 Å². The molecule has 3 N–H and O–H groups in total. The zero-order valence-corrected chi connectivity index (χ0v) is 18.2. The number of aryl methyl sites for hydroxylation is 3. The summed E-state index contributed by atoms with van der Waals surface area (Å²) in [5, 5.41) is 3.95. The van der Waals surface area contributed by atoms with Crippen LogP contribution in [0.15, 0.2) is 24.3 Å². The van der Waals surface area contributed by atoms with Gasteiger partial charge in [-0.3, -0.25) is 14.6 Å². The largest absolute Gasteiger partial charge is 0.452 e. The molecule has 1 aliphatic carbocycles. The molecular formula is C23H23N3O4S. The monoisotopic (exact) mass is 437 g/mol. The lowest BCUT2D eigenvalue weighted by molar-refractivity contribution is -0.119. The van der Waals surface area contributed by atoms with Crippen molar-refractivity contribution in [1.82, 2.24) is 4.98 Å². The maximum atomic E-state index is 12.6. The van der Waals surface area contributed by atoms with Crippen molar-refractivity contribution in [3.05, 3.63) is 57.1 Å². The summed E-state index contributed by atoms with van der Waals surface area (Å²) in [7, 11) is 0. The van der Waals surface area contributed by atoms with E-state index in [1.54, 1.807) is 13.0 Å². The SMILES string of the molecule is Cc1ccc2nc(C)c(C(=O)OCC(=O)Nc3sc4c(c3C(N)=O)CCCC4)cc2c1. The number of aromatic nitrogens is 1. The number of carbonyl (C=O) groups excluding carboxylic acids is 3. The molecule has 4 rings (SSSR count). The lowest BCUT2D eigenvalue weighted by Gasteiger charge is -2.11. The van der Waals surface area contributed by atoms with Crippen LogP contribution in [0.3, 0.4) is 0 Å². The van der Waals surface area contributed by atoms with Gasteiger partial charge in [-0.05, 0) is 63.3 Å². The molecule has 160 valence electrons. The Labute approximate surface area is 183 Å². The van der Waals surface area contributed by atoms with E-state index in [0.717, 1.165) is 52.6 Å². The molecule has 0 atom stereocenters. The predicted molar refractivity (Wildman–Crippen MR) is 120 cm³/mol. The van der Waals surface area contributed by atoms with Crippen LogP contribution in [-0.2, 0) is 22.4 Å². The fourth-order valence-corrected chi connectivity index (χ4v) is 5.20. The average Bonchev–Trinajstić information content (AvgIpc) is 3.09. The topological polar surface area (TPSA) is 111 Å². The third-order valence-corrected chi connectivity index (χ3v) is 6.59. The standard InChI is InChI=1S/C23H23N3O4S/c1-12-7-8-17-14(9-12)10-16(13(2)25-17)23(29)30-11-19(27)26-22-20(21(24)28)15-5-3-4-6-18(15)31-22/h7-10H,3-6,11H2,1-2H3,(H2,24,28)(H,26,27). The second-order valence-electron chi connectivity index (χ2n) is 7.72. The van der Waals surface area contributed by atoms with Crippen LogP contribution in [0.25, 0.3) is 10.9 Å². The van der Waals surface area contributed by atoms with Gasteiger partial charge in [0.1, 0.15) is 5.00 Å². The number of nitrogens with one attached hydrogen (secondary N) is 1. The maximum absolute atomic E-state index is 12.6. The van der Waals surface area contributed by atoms with E-state index in [0.29, 0.717) is 21.8 Å². The molecular weight excluding hydrogens is 414 g/mol. The Balaban J connectivity index is 1.47. The van der Waals surface area contributed by atoms with Gasteiger partial charge < -0.3 is 15.8 Å². The smallest absolute Gasteiger partial charge is 0.340 e. The van der Waals surface area contributed by atoms with Gasteiger partial charge in [-0.25, -0.2) is 4.79 Å².